The van der Waals surface area contributed by atoms with Crippen molar-refractivity contribution in [3.63, 3.8) is 0 Å². The lowest BCUT2D eigenvalue weighted by Gasteiger charge is -2.31. The number of alkyl halides is 1. The molecule has 1 atom stereocenters. The van der Waals surface area contributed by atoms with Crippen LogP contribution in [0.1, 0.15) is 40.0 Å². The van der Waals surface area contributed by atoms with Crippen molar-refractivity contribution in [3.8, 4) is 0 Å². The van der Waals surface area contributed by atoms with Crippen LogP contribution in [-0.4, -0.2) is 16.8 Å². The summed E-state index contributed by atoms with van der Waals surface area (Å²) in [6.45, 7) is 5.90. The number of carbonyl (C=O) groups is 1. The molecular formula is C10H18ClNO. The first-order valence-electron chi connectivity index (χ1n) is 4.86. The quantitative estimate of drug-likeness (QED) is 0.686. The van der Waals surface area contributed by atoms with Crippen LogP contribution in [0, 0.1) is 5.92 Å². The second-order valence-electron chi connectivity index (χ2n) is 4.83. The average Bonchev–Trinajstić information content (AvgIpc) is 1.78. The number of hydrogen-bond donors (Lipinski definition) is 1. The smallest absolute Gasteiger partial charge is 0.238 e. The van der Waals surface area contributed by atoms with Crippen LogP contribution in [0.3, 0.4) is 0 Å². The van der Waals surface area contributed by atoms with E-state index in [4.69, 9.17) is 11.6 Å². The van der Waals surface area contributed by atoms with Crippen LogP contribution in [0.2, 0.25) is 0 Å². The minimum absolute atomic E-state index is 0.0149. The van der Waals surface area contributed by atoms with Crippen LogP contribution in [-0.2, 0) is 4.79 Å². The van der Waals surface area contributed by atoms with Crippen molar-refractivity contribution < 1.29 is 4.79 Å². The Bertz CT molecular complexity index is 194. The van der Waals surface area contributed by atoms with Gasteiger partial charge in [-0.25, -0.2) is 0 Å². The van der Waals surface area contributed by atoms with E-state index in [0.717, 1.165) is 12.8 Å². The molecule has 76 valence electrons. The molecule has 0 aromatic carbocycles. The van der Waals surface area contributed by atoms with Gasteiger partial charge in [0.2, 0.25) is 5.91 Å². The van der Waals surface area contributed by atoms with Gasteiger partial charge in [-0.3, -0.25) is 4.79 Å². The molecule has 1 rings (SSSR count). The van der Waals surface area contributed by atoms with Crippen molar-refractivity contribution in [1.82, 2.24) is 5.32 Å². The molecule has 0 heterocycles. The van der Waals surface area contributed by atoms with E-state index in [1.165, 1.54) is 6.42 Å². The molecule has 1 N–H and O–H groups in total. The molecule has 13 heavy (non-hydrogen) atoms. The summed E-state index contributed by atoms with van der Waals surface area (Å²) in [7, 11) is 0. The summed E-state index contributed by atoms with van der Waals surface area (Å²) in [5.74, 6) is 0.392. The molecule has 0 aromatic rings. The first-order chi connectivity index (χ1) is 5.90. The number of rotatable bonds is 2. The van der Waals surface area contributed by atoms with Crippen LogP contribution in [0.5, 0.6) is 0 Å². The van der Waals surface area contributed by atoms with E-state index in [0.29, 0.717) is 5.92 Å². The highest BCUT2D eigenvalue weighted by molar-refractivity contribution is 6.31. The zero-order valence-electron chi connectivity index (χ0n) is 8.56. The lowest BCUT2D eigenvalue weighted by atomic mass is 9.82. The standard InChI is InChI=1S/C10H18ClNO/c1-10(2,3)12-9(13)8(11)7-5-4-6-7/h7-8H,4-6H2,1-3H3,(H,12,13). The summed E-state index contributed by atoms with van der Waals surface area (Å²) < 4.78 is 0. The van der Waals surface area contributed by atoms with Crippen molar-refractivity contribution in [3.05, 3.63) is 0 Å². The lowest BCUT2D eigenvalue weighted by Crippen LogP contribution is -2.47. The maximum Gasteiger partial charge on any atom is 0.238 e. The Hall–Kier alpha value is -0.240. The van der Waals surface area contributed by atoms with Gasteiger partial charge in [-0.05, 0) is 39.5 Å². The maximum atomic E-state index is 11.5. The van der Waals surface area contributed by atoms with E-state index in [-0.39, 0.29) is 16.8 Å². The van der Waals surface area contributed by atoms with E-state index >= 15 is 0 Å². The molecule has 3 heteroatoms. The summed E-state index contributed by atoms with van der Waals surface area (Å²) in [4.78, 5) is 11.5. The Morgan fingerprint density at radius 1 is 1.46 bits per heavy atom. The Morgan fingerprint density at radius 2 is 2.00 bits per heavy atom. The largest absolute Gasteiger partial charge is 0.350 e. The second kappa shape index (κ2) is 3.87. The third kappa shape index (κ3) is 3.18. The van der Waals surface area contributed by atoms with Crippen molar-refractivity contribution in [1.29, 1.82) is 0 Å². The summed E-state index contributed by atoms with van der Waals surface area (Å²) in [5.41, 5.74) is -0.173. The van der Waals surface area contributed by atoms with Crippen LogP contribution in [0.25, 0.3) is 0 Å². The SMILES string of the molecule is CC(C)(C)NC(=O)C(Cl)C1CCC1. The van der Waals surface area contributed by atoms with Gasteiger partial charge in [-0.1, -0.05) is 6.42 Å². The first-order valence-corrected chi connectivity index (χ1v) is 5.30. The molecule has 1 aliphatic rings. The van der Waals surface area contributed by atoms with Crippen LogP contribution in [0.15, 0.2) is 0 Å². The van der Waals surface area contributed by atoms with Crippen LogP contribution in [0.4, 0.5) is 0 Å². The normalized spacial score (nSPS) is 20.6. The predicted molar refractivity (Wildman–Crippen MR) is 54.9 cm³/mol. The number of nitrogens with one attached hydrogen (secondary N) is 1. The van der Waals surface area contributed by atoms with Crippen molar-refractivity contribution in [2.45, 2.75) is 50.9 Å². The number of carbonyl (C=O) groups excluding carboxylic acids is 1. The highest BCUT2D eigenvalue weighted by Crippen LogP contribution is 2.32. The molecule has 1 saturated carbocycles. The number of hydrogen-bond acceptors (Lipinski definition) is 1. The molecular weight excluding hydrogens is 186 g/mol. The fraction of sp³-hybridized carbons (Fsp3) is 0.900. The first kappa shape index (κ1) is 10.8. The molecule has 0 aliphatic heterocycles. The molecule has 1 aliphatic carbocycles. The molecule has 1 unspecified atom stereocenters. The molecule has 0 radical (unpaired) electrons. The second-order valence-corrected chi connectivity index (χ2v) is 5.30. The van der Waals surface area contributed by atoms with E-state index in [2.05, 4.69) is 5.32 Å². The van der Waals surface area contributed by atoms with E-state index in [9.17, 15) is 4.79 Å². The third-order valence-corrected chi connectivity index (χ3v) is 2.87. The minimum atomic E-state index is -0.326. The molecule has 0 saturated heterocycles. The van der Waals surface area contributed by atoms with Gasteiger partial charge in [-0.15, -0.1) is 11.6 Å². The zero-order chi connectivity index (χ0) is 10.1. The van der Waals surface area contributed by atoms with Crippen LogP contribution < -0.4 is 5.32 Å². The van der Waals surface area contributed by atoms with Gasteiger partial charge in [0.15, 0.2) is 0 Å². The topological polar surface area (TPSA) is 29.1 Å². The van der Waals surface area contributed by atoms with Crippen molar-refractivity contribution in [2.24, 2.45) is 5.92 Å². The Kier molecular flexibility index (Phi) is 3.23. The summed E-state index contributed by atoms with van der Waals surface area (Å²) >= 11 is 6.03. The van der Waals surface area contributed by atoms with Gasteiger partial charge < -0.3 is 5.32 Å². The molecule has 0 aromatic heterocycles. The fourth-order valence-corrected chi connectivity index (χ4v) is 1.69. The van der Waals surface area contributed by atoms with Crippen molar-refractivity contribution in [2.75, 3.05) is 0 Å². The van der Waals surface area contributed by atoms with E-state index in [1.807, 2.05) is 20.8 Å². The highest BCUT2D eigenvalue weighted by Gasteiger charge is 2.32. The lowest BCUT2D eigenvalue weighted by molar-refractivity contribution is -0.123. The van der Waals surface area contributed by atoms with Gasteiger partial charge in [0.25, 0.3) is 0 Å². The molecule has 0 spiro atoms. The number of amides is 1. The zero-order valence-corrected chi connectivity index (χ0v) is 9.32. The van der Waals surface area contributed by atoms with Gasteiger partial charge in [-0.2, -0.15) is 0 Å². The Labute approximate surface area is 85.0 Å². The van der Waals surface area contributed by atoms with Gasteiger partial charge in [0.1, 0.15) is 5.38 Å². The van der Waals surface area contributed by atoms with Crippen molar-refractivity contribution >= 4 is 17.5 Å². The molecule has 1 amide bonds. The molecule has 2 nitrogen and oxygen atoms in total. The predicted octanol–water partition coefficient (Wildman–Crippen LogP) is 2.31. The van der Waals surface area contributed by atoms with Gasteiger partial charge in [0.05, 0.1) is 0 Å². The highest BCUT2D eigenvalue weighted by atomic mass is 35.5. The van der Waals surface area contributed by atoms with Crippen LogP contribution >= 0.6 is 11.6 Å². The van der Waals surface area contributed by atoms with E-state index < -0.39 is 0 Å². The maximum absolute atomic E-state index is 11.5. The summed E-state index contributed by atoms with van der Waals surface area (Å²) in [6.07, 6.45) is 3.42. The Balaban J connectivity index is 2.38. The minimum Gasteiger partial charge on any atom is -0.350 e. The fourth-order valence-electron chi connectivity index (χ4n) is 1.39. The Morgan fingerprint density at radius 3 is 2.31 bits per heavy atom. The average molecular weight is 204 g/mol. The number of halogens is 1. The van der Waals surface area contributed by atoms with E-state index in [1.54, 1.807) is 0 Å². The summed E-state index contributed by atoms with van der Waals surface area (Å²) in [5, 5.41) is 2.57. The molecule has 0 bridgehead atoms. The van der Waals surface area contributed by atoms with Gasteiger partial charge in [0, 0.05) is 5.54 Å². The summed E-state index contributed by atoms with van der Waals surface area (Å²) in [6, 6.07) is 0. The third-order valence-electron chi connectivity index (χ3n) is 2.31. The molecule has 1 fully saturated rings. The monoisotopic (exact) mass is 203 g/mol. The van der Waals surface area contributed by atoms with Gasteiger partial charge >= 0.3 is 0 Å².